The van der Waals surface area contributed by atoms with Crippen LogP contribution in [0.15, 0.2) is 29.2 Å². The molecule has 2 N–H and O–H groups in total. The van der Waals surface area contributed by atoms with Crippen molar-refractivity contribution in [3.63, 3.8) is 0 Å². The molecule has 29 heavy (non-hydrogen) atoms. The molecule has 0 atom stereocenters. The Balaban J connectivity index is 1.94. The number of methoxy groups -OCH3 is 1. The van der Waals surface area contributed by atoms with E-state index < -0.39 is 6.09 Å². The van der Waals surface area contributed by atoms with Crippen molar-refractivity contribution in [2.75, 3.05) is 31.8 Å². The highest BCUT2D eigenvalue weighted by atomic mass is 32.2. The van der Waals surface area contributed by atoms with Crippen molar-refractivity contribution >= 4 is 46.0 Å². The van der Waals surface area contributed by atoms with E-state index in [9.17, 15) is 14.4 Å². The number of thiophene rings is 1. The summed E-state index contributed by atoms with van der Waals surface area (Å²) in [6.45, 7) is 2.85. The van der Waals surface area contributed by atoms with E-state index in [0.717, 1.165) is 21.1 Å². The molecule has 0 fully saturated rings. The smallest absolute Gasteiger partial charge is 0.409 e. The van der Waals surface area contributed by atoms with Crippen LogP contribution in [0.1, 0.15) is 38.1 Å². The fourth-order valence-electron chi connectivity index (χ4n) is 3.25. The average Bonchev–Trinajstić information content (AvgIpc) is 3.10. The maximum atomic E-state index is 13.0. The summed E-state index contributed by atoms with van der Waals surface area (Å²) in [4.78, 5) is 40.8. The van der Waals surface area contributed by atoms with Gasteiger partial charge in [0.15, 0.2) is 0 Å². The van der Waals surface area contributed by atoms with Crippen LogP contribution in [0.5, 0.6) is 0 Å². The van der Waals surface area contributed by atoms with Crippen LogP contribution < -0.4 is 10.6 Å². The number of thioether (sulfide) groups is 1. The first-order valence-corrected chi connectivity index (χ1v) is 11.0. The number of carbonyl (C=O) groups excluding carboxylic acids is 3. The van der Waals surface area contributed by atoms with Crippen LogP contribution in [0.25, 0.3) is 0 Å². The summed E-state index contributed by atoms with van der Waals surface area (Å²) >= 11 is 2.92. The highest BCUT2D eigenvalue weighted by molar-refractivity contribution is 7.99. The Morgan fingerprint density at radius 3 is 2.69 bits per heavy atom. The Morgan fingerprint density at radius 1 is 1.24 bits per heavy atom. The molecule has 3 rings (SSSR count). The zero-order chi connectivity index (χ0) is 21.0. The van der Waals surface area contributed by atoms with Crippen LogP contribution in [-0.4, -0.2) is 49.3 Å². The molecule has 0 spiro atoms. The van der Waals surface area contributed by atoms with Gasteiger partial charge in [-0.2, -0.15) is 0 Å². The van der Waals surface area contributed by atoms with Gasteiger partial charge < -0.3 is 20.3 Å². The van der Waals surface area contributed by atoms with Crippen LogP contribution in [0.3, 0.4) is 0 Å². The molecule has 1 aromatic heterocycles. The number of carbonyl (C=O) groups is 3. The number of hydrogen-bond acceptors (Lipinski definition) is 6. The first-order valence-electron chi connectivity index (χ1n) is 9.22. The van der Waals surface area contributed by atoms with E-state index in [1.165, 1.54) is 18.4 Å². The number of nitrogens with one attached hydrogen (secondary N) is 2. The summed E-state index contributed by atoms with van der Waals surface area (Å²) in [5.74, 6) is 0.348. The number of benzene rings is 1. The molecule has 0 bridgehead atoms. The minimum Gasteiger partial charge on any atom is -0.453 e. The molecule has 2 aromatic rings. The van der Waals surface area contributed by atoms with Gasteiger partial charge in [-0.1, -0.05) is 19.1 Å². The zero-order valence-corrected chi connectivity index (χ0v) is 18.2. The van der Waals surface area contributed by atoms with E-state index in [1.807, 2.05) is 25.1 Å². The van der Waals surface area contributed by atoms with E-state index >= 15 is 0 Å². The Labute approximate surface area is 177 Å². The van der Waals surface area contributed by atoms with Crippen molar-refractivity contribution in [2.45, 2.75) is 24.8 Å². The summed E-state index contributed by atoms with van der Waals surface area (Å²) in [6, 6.07) is 7.41. The number of anilines is 1. The second-order valence-corrected chi connectivity index (χ2v) is 8.72. The third kappa shape index (κ3) is 4.40. The van der Waals surface area contributed by atoms with Crippen molar-refractivity contribution < 1.29 is 19.1 Å². The van der Waals surface area contributed by atoms with Crippen molar-refractivity contribution in [1.82, 2.24) is 10.2 Å². The molecule has 1 aliphatic rings. The summed E-state index contributed by atoms with van der Waals surface area (Å²) in [5, 5.41) is 6.08. The standard InChI is InChI=1S/C20H23N3O4S2/c1-4-28-14-8-6-5-7-13(14)17(24)22-19-16(18(25)21-2)12-9-10-23(20(26)27-3)11-15(12)29-19/h5-8H,4,9-11H2,1-3H3,(H,21,25)(H,22,24). The summed E-state index contributed by atoms with van der Waals surface area (Å²) in [5.41, 5.74) is 1.93. The third-order valence-corrected chi connectivity index (χ3v) is 6.69. The minimum absolute atomic E-state index is 0.250. The van der Waals surface area contributed by atoms with Crippen LogP contribution in [0.4, 0.5) is 9.80 Å². The molecule has 0 unspecified atom stereocenters. The Bertz CT molecular complexity index is 942. The molecular formula is C20H23N3O4S2. The fraction of sp³-hybridized carbons (Fsp3) is 0.350. The molecule has 1 aliphatic heterocycles. The Hall–Kier alpha value is -2.52. The first kappa shape index (κ1) is 21.2. The summed E-state index contributed by atoms with van der Waals surface area (Å²) < 4.78 is 4.81. The lowest BCUT2D eigenvalue weighted by molar-refractivity contribution is 0.0962. The van der Waals surface area contributed by atoms with Gasteiger partial charge in [0.25, 0.3) is 11.8 Å². The van der Waals surface area contributed by atoms with Gasteiger partial charge in [0.2, 0.25) is 0 Å². The van der Waals surface area contributed by atoms with E-state index in [0.29, 0.717) is 35.6 Å². The third-order valence-electron chi connectivity index (χ3n) is 4.60. The van der Waals surface area contributed by atoms with Gasteiger partial charge in [-0.15, -0.1) is 23.1 Å². The quantitative estimate of drug-likeness (QED) is 0.704. The number of ether oxygens (including phenoxy) is 1. The maximum absolute atomic E-state index is 13.0. The molecular weight excluding hydrogens is 410 g/mol. The van der Waals surface area contributed by atoms with E-state index in [1.54, 1.807) is 29.8 Å². The van der Waals surface area contributed by atoms with Gasteiger partial charge in [-0.3, -0.25) is 9.59 Å². The Morgan fingerprint density at radius 2 is 2.00 bits per heavy atom. The van der Waals surface area contributed by atoms with Gasteiger partial charge in [0.1, 0.15) is 5.00 Å². The summed E-state index contributed by atoms with van der Waals surface area (Å²) in [7, 11) is 2.91. The molecule has 1 aromatic carbocycles. The van der Waals surface area contributed by atoms with Gasteiger partial charge in [-0.25, -0.2) is 4.79 Å². The van der Waals surface area contributed by atoms with Crippen LogP contribution >= 0.6 is 23.1 Å². The minimum atomic E-state index is -0.401. The predicted octanol–water partition coefficient (Wildman–Crippen LogP) is 3.60. The number of hydrogen-bond donors (Lipinski definition) is 2. The lowest BCUT2D eigenvalue weighted by Gasteiger charge is -2.25. The van der Waals surface area contributed by atoms with Gasteiger partial charge in [-0.05, 0) is 29.9 Å². The topological polar surface area (TPSA) is 87.7 Å². The molecule has 0 saturated carbocycles. The molecule has 2 heterocycles. The van der Waals surface area contributed by atoms with E-state index in [4.69, 9.17) is 4.74 Å². The highest BCUT2D eigenvalue weighted by Gasteiger charge is 2.30. The van der Waals surface area contributed by atoms with Crippen molar-refractivity contribution in [3.05, 3.63) is 45.8 Å². The van der Waals surface area contributed by atoms with Crippen LogP contribution in [0, 0.1) is 0 Å². The molecule has 3 amide bonds. The van der Waals surface area contributed by atoms with Crippen molar-refractivity contribution in [1.29, 1.82) is 0 Å². The van der Waals surface area contributed by atoms with Gasteiger partial charge in [0.05, 0.1) is 24.8 Å². The predicted molar refractivity (Wildman–Crippen MR) is 115 cm³/mol. The van der Waals surface area contributed by atoms with Gasteiger partial charge >= 0.3 is 6.09 Å². The maximum Gasteiger partial charge on any atom is 0.409 e. The van der Waals surface area contributed by atoms with E-state index in [-0.39, 0.29) is 11.8 Å². The SMILES string of the molecule is CCSc1ccccc1C(=O)Nc1sc2c(c1C(=O)NC)CCN(C(=O)OC)C2. The average molecular weight is 434 g/mol. The first-order chi connectivity index (χ1) is 14.0. The van der Waals surface area contributed by atoms with E-state index in [2.05, 4.69) is 10.6 Å². The number of rotatable bonds is 5. The lowest BCUT2D eigenvalue weighted by Crippen LogP contribution is -2.35. The largest absolute Gasteiger partial charge is 0.453 e. The molecule has 7 nitrogen and oxygen atoms in total. The van der Waals surface area contributed by atoms with Crippen molar-refractivity contribution in [2.24, 2.45) is 0 Å². The highest BCUT2D eigenvalue weighted by Crippen LogP contribution is 2.38. The fourth-order valence-corrected chi connectivity index (χ4v) is 5.31. The van der Waals surface area contributed by atoms with Gasteiger partial charge in [0, 0.05) is 23.4 Å². The van der Waals surface area contributed by atoms with Crippen LogP contribution in [0.2, 0.25) is 0 Å². The second kappa shape index (κ2) is 9.32. The normalized spacial score (nSPS) is 12.9. The second-order valence-electron chi connectivity index (χ2n) is 6.31. The molecule has 0 radical (unpaired) electrons. The monoisotopic (exact) mass is 433 g/mol. The molecule has 154 valence electrons. The number of nitrogens with zero attached hydrogens (tertiary/aromatic N) is 1. The summed E-state index contributed by atoms with van der Waals surface area (Å²) in [6.07, 6.45) is 0.128. The Kier molecular flexibility index (Phi) is 6.81. The molecule has 0 aliphatic carbocycles. The molecule has 9 heteroatoms. The molecule has 0 saturated heterocycles. The zero-order valence-electron chi connectivity index (χ0n) is 16.5. The number of fused-ring (bicyclic) bond motifs is 1. The van der Waals surface area contributed by atoms with Crippen molar-refractivity contribution in [3.8, 4) is 0 Å². The van der Waals surface area contributed by atoms with Crippen LogP contribution in [-0.2, 0) is 17.7 Å². The lowest BCUT2D eigenvalue weighted by atomic mass is 10.0. The number of amides is 3.